The van der Waals surface area contributed by atoms with E-state index in [1.807, 2.05) is 0 Å². The molecular weight excluding hydrogens is 419 g/mol. The van der Waals surface area contributed by atoms with Gasteiger partial charge in [0.1, 0.15) is 16.7 Å². The maximum Gasteiger partial charge on any atom is 1.00 e. The molecule has 0 radical (unpaired) electrons. The van der Waals surface area contributed by atoms with Gasteiger partial charge in [-0.2, -0.15) is 0 Å². The zero-order valence-electron chi connectivity index (χ0n) is 18.2. The van der Waals surface area contributed by atoms with Gasteiger partial charge in [0.15, 0.2) is 0 Å². The Kier molecular flexibility index (Phi) is 15.3. The SMILES string of the molecule is CCCCCCCCCCOC(=O)c1ccccc1C(=O)OCC(C)S(=O)(=O)[O-].[Na+]. The van der Waals surface area contributed by atoms with Gasteiger partial charge < -0.3 is 14.0 Å². The molecule has 1 aromatic carbocycles. The summed E-state index contributed by atoms with van der Waals surface area (Å²) in [4.78, 5) is 24.5. The molecule has 1 atom stereocenters. The van der Waals surface area contributed by atoms with E-state index in [4.69, 9.17) is 9.47 Å². The molecule has 0 bridgehead atoms. The minimum absolute atomic E-state index is 0. The average molecular weight is 451 g/mol. The van der Waals surface area contributed by atoms with Crippen LogP contribution in [0.4, 0.5) is 0 Å². The summed E-state index contributed by atoms with van der Waals surface area (Å²) in [6.07, 6.45) is 9.00. The van der Waals surface area contributed by atoms with Gasteiger partial charge in [0, 0.05) is 0 Å². The standard InChI is InChI=1S/C21H32O7S.Na/c1-3-4-5-6-7-8-9-12-15-27-20(22)18-13-10-11-14-19(18)21(23)28-16-17(2)29(24,25)26;/h10-11,13-14,17H,3-9,12,15-16H2,1-2H3,(H,24,25,26);/q;+1/p-1. The van der Waals surface area contributed by atoms with Gasteiger partial charge in [-0.15, -0.1) is 0 Å². The molecule has 0 amide bonds. The van der Waals surface area contributed by atoms with Crippen LogP contribution in [0.5, 0.6) is 0 Å². The molecule has 0 aliphatic carbocycles. The summed E-state index contributed by atoms with van der Waals surface area (Å²) < 4.78 is 42.8. The van der Waals surface area contributed by atoms with Crippen molar-refractivity contribution in [3.63, 3.8) is 0 Å². The van der Waals surface area contributed by atoms with Crippen molar-refractivity contribution in [1.82, 2.24) is 0 Å². The summed E-state index contributed by atoms with van der Waals surface area (Å²) in [5.74, 6) is -1.51. The Morgan fingerprint density at radius 3 is 1.87 bits per heavy atom. The Morgan fingerprint density at radius 2 is 1.37 bits per heavy atom. The molecule has 0 heterocycles. The molecule has 1 unspecified atom stereocenters. The quantitative estimate of drug-likeness (QED) is 0.181. The molecule has 0 fully saturated rings. The van der Waals surface area contributed by atoms with Crippen LogP contribution in [0.1, 0.15) is 85.9 Å². The number of hydrogen-bond acceptors (Lipinski definition) is 7. The third-order valence-corrected chi connectivity index (χ3v) is 5.66. The summed E-state index contributed by atoms with van der Waals surface area (Å²) in [5.41, 5.74) is 0.0265. The van der Waals surface area contributed by atoms with Crippen molar-refractivity contribution in [2.45, 2.75) is 70.5 Å². The molecule has 0 aliphatic rings. The second-order valence-corrected chi connectivity index (χ2v) is 8.85. The van der Waals surface area contributed by atoms with Crippen molar-refractivity contribution >= 4 is 22.1 Å². The van der Waals surface area contributed by atoms with Gasteiger partial charge in [-0.3, -0.25) is 0 Å². The van der Waals surface area contributed by atoms with E-state index in [1.165, 1.54) is 44.2 Å². The Morgan fingerprint density at radius 1 is 0.900 bits per heavy atom. The van der Waals surface area contributed by atoms with Crippen LogP contribution < -0.4 is 29.6 Å². The average Bonchev–Trinajstić information content (AvgIpc) is 2.69. The van der Waals surface area contributed by atoms with E-state index >= 15 is 0 Å². The van der Waals surface area contributed by atoms with Crippen LogP contribution in [-0.2, 0) is 19.6 Å². The summed E-state index contributed by atoms with van der Waals surface area (Å²) in [7, 11) is -4.55. The molecule has 0 aromatic heterocycles. The van der Waals surface area contributed by atoms with E-state index < -0.39 is 33.9 Å². The van der Waals surface area contributed by atoms with Gasteiger partial charge >= 0.3 is 41.5 Å². The zero-order valence-corrected chi connectivity index (χ0v) is 21.0. The Hall–Kier alpha value is -0.930. The topological polar surface area (TPSA) is 110 Å². The van der Waals surface area contributed by atoms with Crippen LogP contribution in [0.2, 0.25) is 0 Å². The monoisotopic (exact) mass is 450 g/mol. The fourth-order valence-corrected chi connectivity index (χ4v) is 2.91. The third-order valence-electron chi connectivity index (χ3n) is 4.54. The van der Waals surface area contributed by atoms with Gasteiger partial charge in [-0.25, -0.2) is 18.0 Å². The number of hydrogen-bond donors (Lipinski definition) is 0. The van der Waals surface area contributed by atoms with Gasteiger partial charge in [-0.05, 0) is 25.5 Å². The van der Waals surface area contributed by atoms with Crippen molar-refractivity contribution in [3.8, 4) is 0 Å². The van der Waals surface area contributed by atoms with E-state index in [1.54, 1.807) is 12.1 Å². The Balaban J connectivity index is 0.00000841. The molecule has 0 spiro atoms. The van der Waals surface area contributed by atoms with Crippen molar-refractivity contribution in [1.29, 1.82) is 0 Å². The number of carbonyl (C=O) groups is 2. The molecule has 0 saturated carbocycles. The van der Waals surface area contributed by atoms with Gasteiger partial charge in [0.2, 0.25) is 0 Å². The van der Waals surface area contributed by atoms with Gasteiger partial charge in [0.25, 0.3) is 0 Å². The number of rotatable bonds is 14. The zero-order chi connectivity index (χ0) is 21.7. The first-order chi connectivity index (χ1) is 13.8. The molecule has 0 N–H and O–H groups in total. The van der Waals surface area contributed by atoms with Crippen molar-refractivity contribution < 1.29 is 61.6 Å². The normalized spacial score (nSPS) is 12.0. The molecular formula is C21H31NaO7S. The molecule has 164 valence electrons. The maximum atomic E-state index is 12.3. The fourth-order valence-electron chi connectivity index (χ4n) is 2.67. The van der Waals surface area contributed by atoms with Crippen LogP contribution in [0, 0.1) is 0 Å². The smallest absolute Gasteiger partial charge is 0.748 e. The summed E-state index contributed by atoms with van der Waals surface area (Å²) in [6.45, 7) is 3.03. The Labute approximate surface area is 201 Å². The summed E-state index contributed by atoms with van der Waals surface area (Å²) in [6, 6.07) is 5.99. The first-order valence-electron chi connectivity index (χ1n) is 10.1. The van der Waals surface area contributed by atoms with E-state index in [0.717, 1.165) is 26.2 Å². The minimum Gasteiger partial charge on any atom is -0.748 e. The molecule has 1 aromatic rings. The molecule has 1 rings (SSSR count). The predicted octanol–water partition coefficient (Wildman–Crippen LogP) is 1.08. The third kappa shape index (κ3) is 11.5. The maximum absolute atomic E-state index is 12.3. The first-order valence-corrected chi connectivity index (χ1v) is 11.6. The number of ether oxygens (including phenoxy) is 2. The minimum atomic E-state index is -4.55. The van der Waals surface area contributed by atoms with Crippen LogP contribution in [0.3, 0.4) is 0 Å². The van der Waals surface area contributed by atoms with Crippen LogP contribution in [0.25, 0.3) is 0 Å². The molecule has 30 heavy (non-hydrogen) atoms. The van der Waals surface area contributed by atoms with Crippen LogP contribution in [0.15, 0.2) is 24.3 Å². The van der Waals surface area contributed by atoms with E-state index in [-0.39, 0.29) is 47.3 Å². The van der Waals surface area contributed by atoms with Gasteiger partial charge in [0.05, 0.1) is 23.0 Å². The first kappa shape index (κ1) is 29.1. The number of benzene rings is 1. The fraction of sp³-hybridized carbons (Fsp3) is 0.619. The van der Waals surface area contributed by atoms with Gasteiger partial charge in [-0.1, -0.05) is 64.0 Å². The van der Waals surface area contributed by atoms with E-state index in [9.17, 15) is 22.6 Å². The largest absolute Gasteiger partial charge is 1.00 e. The number of unbranched alkanes of at least 4 members (excludes halogenated alkanes) is 7. The van der Waals surface area contributed by atoms with Crippen LogP contribution >= 0.6 is 0 Å². The Bertz CT molecular complexity index is 749. The molecule has 0 aliphatic heterocycles. The summed E-state index contributed by atoms with van der Waals surface area (Å²) in [5, 5.41) is -1.37. The molecule has 0 saturated heterocycles. The molecule has 9 heteroatoms. The second kappa shape index (κ2) is 15.8. The van der Waals surface area contributed by atoms with E-state index in [0.29, 0.717) is 0 Å². The predicted molar refractivity (Wildman–Crippen MR) is 109 cm³/mol. The number of carbonyl (C=O) groups excluding carboxylic acids is 2. The van der Waals surface area contributed by atoms with E-state index in [2.05, 4.69) is 6.92 Å². The van der Waals surface area contributed by atoms with Crippen molar-refractivity contribution in [2.24, 2.45) is 0 Å². The van der Waals surface area contributed by atoms with Crippen molar-refractivity contribution in [2.75, 3.05) is 13.2 Å². The number of esters is 2. The van der Waals surface area contributed by atoms with Crippen molar-refractivity contribution in [3.05, 3.63) is 35.4 Å². The summed E-state index contributed by atoms with van der Waals surface area (Å²) >= 11 is 0. The molecule has 7 nitrogen and oxygen atoms in total. The van der Waals surface area contributed by atoms with Crippen LogP contribution in [-0.4, -0.2) is 43.4 Å². The second-order valence-electron chi connectivity index (χ2n) is 7.06.